The molecule has 0 unspecified atom stereocenters. The molecule has 21 heavy (non-hydrogen) atoms. The average Bonchev–Trinajstić information content (AvgIpc) is 2.48. The van der Waals surface area contributed by atoms with Crippen LogP contribution in [0.1, 0.15) is 39.2 Å². The third-order valence-electron chi connectivity index (χ3n) is 3.84. The van der Waals surface area contributed by atoms with Crippen LogP contribution in [0.5, 0.6) is 0 Å². The smallest absolute Gasteiger partial charge is 0.243 e. The highest BCUT2D eigenvalue weighted by molar-refractivity contribution is 7.89. The molecule has 0 amide bonds. The van der Waals surface area contributed by atoms with Crippen molar-refractivity contribution in [2.24, 2.45) is 11.7 Å². The van der Waals surface area contributed by atoms with E-state index in [1.54, 1.807) is 18.2 Å². The van der Waals surface area contributed by atoms with Crippen molar-refractivity contribution in [1.29, 1.82) is 0 Å². The molecule has 4 nitrogen and oxygen atoms in total. The van der Waals surface area contributed by atoms with Gasteiger partial charge in [0.05, 0.1) is 4.90 Å². The van der Waals surface area contributed by atoms with Gasteiger partial charge >= 0.3 is 0 Å². The zero-order valence-corrected chi connectivity index (χ0v) is 14.5. The lowest BCUT2D eigenvalue weighted by molar-refractivity contribution is 0.339. The molecule has 1 aromatic rings. The van der Waals surface area contributed by atoms with Crippen LogP contribution in [-0.2, 0) is 16.6 Å². The van der Waals surface area contributed by atoms with Crippen LogP contribution in [0, 0.1) is 5.92 Å². The maximum Gasteiger partial charge on any atom is 0.243 e. The minimum absolute atomic E-state index is 0.223. The van der Waals surface area contributed by atoms with Crippen molar-refractivity contribution in [3.05, 3.63) is 28.8 Å². The fourth-order valence-corrected chi connectivity index (χ4v) is 4.02. The van der Waals surface area contributed by atoms with Gasteiger partial charge in [-0.3, -0.25) is 0 Å². The Bertz CT molecular complexity index is 557. The number of hydrogen-bond acceptors (Lipinski definition) is 3. The van der Waals surface area contributed by atoms with Gasteiger partial charge in [-0.05, 0) is 29.7 Å². The number of nitrogens with zero attached hydrogens (tertiary/aromatic N) is 1. The average molecular weight is 333 g/mol. The number of sulfonamides is 1. The molecule has 0 saturated heterocycles. The van der Waals surface area contributed by atoms with Crippen molar-refractivity contribution in [2.75, 3.05) is 13.1 Å². The predicted molar refractivity (Wildman–Crippen MR) is 87.8 cm³/mol. The molecule has 120 valence electrons. The number of rotatable bonds is 8. The van der Waals surface area contributed by atoms with Crippen LogP contribution in [0.25, 0.3) is 0 Å². The van der Waals surface area contributed by atoms with E-state index in [1.807, 2.05) is 6.92 Å². The summed E-state index contributed by atoms with van der Waals surface area (Å²) in [6.45, 7) is 7.26. The topological polar surface area (TPSA) is 63.4 Å². The van der Waals surface area contributed by atoms with E-state index >= 15 is 0 Å². The fraction of sp³-hybridized carbons (Fsp3) is 0.600. The molecular formula is C15H25ClN2O2S. The summed E-state index contributed by atoms with van der Waals surface area (Å²) >= 11 is 6.00. The second kappa shape index (κ2) is 8.13. The summed E-state index contributed by atoms with van der Waals surface area (Å²) in [5.41, 5.74) is 6.25. The summed E-state index contributed by atoms with van der Waals surface area (Å²) in [6, 6.07) is 4.72. The lowest BCUT2D eigenvalue weighted by Gasteiger charge is -2.25. The van der Waals surface area contributed by atoms with Gasteiger partial charge in [0.2, 0.25) is 10.0 Å². The van der Waals surface area contributed by atoms with Crippen molar-refractivity contribution < 1.29 is 8.42 Å². The Morgan fingerprint density at radius 2 is 1.86 bits per heavy atom. The van der Waals surface area contributed by atoms with E-state index in [0.717, 1.165) is 12.8 Å². The van der Waals surface area contributed by atoms with Crippen molar-refractivity contribution in [3.8, 4) is 0 Å². The molecule has 0 aliphatic rings. The molecule has 0 aromatic heterocycles. The van der Waals surface area contributed by atoms with Gasteiger partial charge in [0.15, 0.2) is 0 Å². The first-order valence-corrected chi connectivity index (χ1v) is 9.21. The van der Waals surface area contributed by atoms with Gasteiger partial charge in [0.1, 0.15) is 0 Å². The zero-order valence-electron chi connectivity index (χ0n) is 13.0. The van der Waals surface area contributed by atoms with Crippen LogP contribution in [-0.4, -0.2) is 25.8 Å². The van der Waals surface area contributed by atoms with Gasteiger partial charge in [-0.1, -0.05) is 45.2 Å². The highest BCUT2D eigenvalue weighted by Crippen LogP contribution is 2.24. The molecule has 6 heteroatoms. The molecular weight excluding hydrogens is 308 g/mol. The Kier molecular flexibility index (Phi) is 7.13. The SMILES string of the molecule is CCC(CC)CN(CC)S(=O)(=O)c1ccc(Cl)c(CN)c1. The highest BCUT2D eigenvalue weighted by atomic mass is 35.5. The Morgan fingerprint density at radius 1 is 1.24 bits per heavy atom. The van der Waals surface area contributed by atoms with E-state index < -0.39 is 10.0 Å². The van der Waals surface area contributed by atoms with Gasteiger partial charge in [-0.15, -0.1) is 0 Å². The van der Waals surface area contributed by atoms with E-state index in [1.165, 1.54) is 4.31 Å². The molecule has 1 aromatic carbocycles. The number of halogens is 1. The lowest BCUT2D eigenvalue weighted by atomic mass is 10.0. The number of hydrogen-bond donors (Lipinski definition) is 1. The molecule has 0 fully saturated rings. The van der Waals surface area contributed by atoms with Crippen LogP contribution >= 0.6 is 11.6 Å². The van der Waals surface area contributed by atoms with E-state index in [-0.39, 0.29) is 11.4 Å². The quantitative estimate of drug-likeness (QED) is 0.794. The Balaban J connectivity index is 3.12. The largest absolute Gasteiger partial charge is 0.326 e. The van der Waals surface area contributed by atoms with Crippen molar-refractivity contribution in [2.45, 2.75) is 45.1 Å². The molecule has 0 bridgehead atoms. The standard InChI is InChI=1S/C15H25ClN2O2S/c1-4-12(5-2)11-18(6-3)21(19,20)14-7-8-15(16)13(9-14)10-17/h7-9,12H,4-6,10-11,17H2,1-3H3. The van der Waals surface area contributed by atoms with Crippen LogP contribution in [0.15, 0.2) is 23.1 Å². The second-order valence-corrected chi connectivity index (χ2v) is 7.44. The summed E-state index contributed by atoms with van der Waals surface area (Å²) in [7, 11) is -3.50. The third kappa shape index (κ3) is 4.42. The first-order chi connectivity index (χ1) is 9.90. The minimum Gasteiger partial charge on any atom is -0.326 e. The van der Waals surface area contributed by atoms with Gasteiger partial charge in [0, 0.05) is 24.7 Å². The summed E-state index contributed by atoms with van der Waals surface area (Å²) < 4.78 is 27.0. The normalized spacial score (nSPS) is 12.3. The van der Waals surface area contributed by atoms with E-state index in [0.29, 0.717) is 29.6 Å². The van der Waals surface area contributed by atoms with Gasteiger partial charge in [0.25, 0.3) is 0 Å². The molecule has 0 heterocycles. The summed E-state index contributed by atoms with van der Waals surface area (Å²) in [5, 5.41) is 0.500. The number of benzene rings is 1. The minimum atomic E-state index is -3.50. The van der Waals surface area contributed by atoms with Crippen molar-refractivity contribution in [1.82, 2.24) is 4.31 Å². The summed E-state index contributed by atoms with van der Waals surface area (Å²) in [6.07, 6.45) is 1.94. The molecule has 0 aliphatic carbocycles. The Labute approximate surface area is 133 Å². The Morgan fingerprint density at radius 3 is 2.33 bits per heavy atom. The van der Waals surface area contributed by atoms with E-state index in [4.69, 9.17) is 17.3 Å². The van der Waals surface area contributed by atoms with E-state index in [2.05, 4.69) is 13.8 Å². The van der Waals surface area contributed by atoms with Crippen LogP contribution < -0.4 is 5.73 Å². The molecule has 1 rings (SSSR count). The summed E-state index contributed by atoms with van der Waals surface area (Å²) in [4.78, 5) is 0.264. The van der Waals surface area contributed by atoms with Gasteiger partial charge in [-0.2, -0.15) is 4.31 Å². The lowest BCUT2D eigenvalue weighted by Crippen LogP contribution is -2.35. The second-order valence-electron chi connectivity index (χ2n) is 5.10. The maximum absolute atomic E-state index is 12.8. The summed E-state index contributed by atoms with van der Waals surface area (Å²) in [5.74, 6) is 0.376. The van der Waals surface area contributed by atoms with Crippen LogP contribution in [0.4, 0.5) is 0 Å². The Hall–Kier alpha value is -0.620. The molecule has 2 N–H and O–H groups in total. The van der Waals surface area contributed by atoms with Crippen LogP contribution in [0.2, 0.25) is 5.02 Å². The fourth-order valence-electron chi connectivity index (χ4n) is 2.25. The predicted octanol–water partition coefficient (Wildman–Crippen LogP) is 3.25. The number of nitrogens with two attached hydrogens (primary N) is 1. The first kappa shape index (κ1) is 18.4. The van der Waals surface area contributed by atoms with Crippen molar-refractivity contribution >= 4 is 21.6 Å². The maximum atomic E-state index is 12.8. The van der Waals surface area contributed by atoms with Gasteiger partial charge in [-0.25, -0.2) is 8.42 Å². The third-order valence-corrected chi connectivity index (χ3v) is 6.15. The van der Waals surface area contributed by atoms with Crippen molar-refractivity contribution in [3.63, 3.8) is 0 Å². The van der Waals surface area contributed by atoms with Gasteiger partial charge < -0.3 is 5.73 Å². The highest BCUT2D eigenvalue weighted by Gasteiger charge is 2.25. The molecule has 0 saturated carbocycles. The first-order valence-electron chi connectivity index (χ1n) is 7.39. The van der Waals surface area contributed by atoms with E-state index in [9.17, 15) is 8.42 Å². The monoisotopic (exact) mass is 332 g/mol. The molecule has 0 atom stereocenters. The molecule has 0 spiro atoms. The molecule has 0 radical (unpaired) electrons. The molecule has 0 aliphatic heterocycles. The van der Waals surface area contributed by atoms with Crippen LogP contribution in [0.3, 0.4) is 0 Å². The zero-order chi connectivity index (χ0) is 16.0.